The van der Waals surface area contributed by atoms with Crippen LogP contribution in [0.5, 0.6) is 0 Å². The first-order valence-corrected chi connectivity index (χ1v) is 4.67. The number of aromatic nitrogens is 1. The summed E-state index contributed by atoms with van der Waals surface area (Å²) in [4.78, 5) is 4.18. The molecule has 0 amide bonds. The van der Waals surface area contributed by atoms with Crippen molar-refractivity contribution in [3.63, 3.8) is 0 Å². The Morgan fingerprint density at radius 3 is 3.07 bits per heavy atom. The first-order chi connectivity index (χ1) is 7.31. The van der Waals surface area contributed by atoms with E-state index in [9.17, 15) is 0 Å². The molecule has 1 aromatic heterocycles. The molecule has 0 radical (unpaired) electrons. The molecule has 0 saturated carbocycles. The molecular formula is C11H7ClN2O. The molecule has 3 nitrogen and oxygen atoms in total. The van der Waals surface area contributed by atoms with Gasteiger partial charge >= 0.3 is 0 Å². The van der Waals surface area contributed by atoms with E-state index >= 15 is 0 Å². The van der Waals surface area contributed by atoms with Crippen LogP contribution in [0.25, 0.3) is 15.9 Å². The number of benzene rings is 1. The standard InChI is InChI=1S/C11H7ClN2O/c12-10(7-14-15)8-3-4-11-9(6-8)2-1-5-13-11/h1-6,15H. The van der Waals surface area contributed by atoms with Crippen molar-refractivity contribution in [2.75, 3.05) is 0 Å². The van der Waals surface area contributed by atoms with Crippen LogP contribution in [-0.2, 0) is 0 Å². The lowest BCUT2D eigenvalue weighted by molar-refractivity contribution is 0.323. The maximum Gasteiger partial charge on any atom is 0.112 e. The third-order valence-electron chi connectivity index (χ3n) is 2.00. The van der Waals surface area contributed by atoms with Crippen LogP contribution < -0.4 is 0 Å². The molecule has 4 heteroatoms. The predicted octanol–water partition coefficient (Wildman–Crippen LogP) is 2.87. The Morgan fingerprint density at radius 2 is 2.27 bits per heavy atom. The number of hydrogen-bond donors (Lipinski definition) is 1. The minimum Gasteiger partial charge on any atom is -0.404 e. The van der Waals surface area contributed by atoms with Gasteiger partial charge in [-0.1, -0.05) is 23.7 Å². The highest BCUT2D eigenvalue weighted by Gasteiger charge is 2.00. The molecule has 2 rings (SSSR count). The van der Waals surface area contributed by atoms with E-state index < -0.39 is 0 Å². The largest absolute Gasteiger partial charge is 0.404 e. The van der Waals surface area contributed by atoms with Crippen molar-refractivity contribution in [3.05, 3.63) is 42.1 Å². The van der Waals surface area contributed by atoms with Gasteiger partial charge in [-0.3, -0.25) is 4.98 Å². The fourth-order valence-corrected chi connectivity index (χ4v) is 1.48. The van der Waals surface area contributed by atoms with Gasteiger partial charge in [0.05, 0.1) is 5.52 Å². The highest BCUT2D eigenvalue weighted by Crippen LogP contribution is 2.20. The summed E-state index contributed by atoms with van der Waals surface area (Å²) in [6.45, 7) is 0. The zero-order chi connectivity index (χ0) is 10.7. The number of rotatable bonds is 1. The molecule has 0 spiro atoms. The van der Waals surface area contributed by atoms with Crippen molar-refractivity contribution < 1.29 is 5.21 Å². The van der Waals surface area contributed by atoms with Crippen LogP contribution in [-0.4, -0.2) is 16.1 Å². The highest BCUT2D eigenvalue weighted by molar-refractivity contribution is 6.53. The van der Waals surface area contributed by atoms with Gasteiger partial charge in [0, 0.05) is 23.0 Å². The summed E-state index contributed by atoms with van der Waals surface area (Å²) in [5.41, 5.74) is 1.64. The van der Waals surface area contributed by atoms with Gasteiger partial charge in [0.25, 0.3) is 0 Å². The van der Waals surface area contributed by atoms with E-state index in [1.54, 1.807) is 12.3 Å². The molecule has 0 aliphatic carbocycles. The molecule has 1 aromatic carbocycles. The molecular weight excluding hydrogens is 212 g/mol. The first kappa shape index (κ1) is 9.71. The lowest BCUT2D eigenvalue weighted by Gasteiger charge is -1.99. The van der Waals surface area contributed by atoms with E-state index in [1.807, 2.05) is 24.3 Å². The van der Waals surface area contributed by atoms with E-state index in [1.165, 1.54) is 0 Å². The second kappa shape index (κ2) is 4.13. The molecule has 0 aliphatic heterocycles. The lowest BCUT2D eigenvalue weighted by atomic mass is 10.1. The maximum absolute atomic E-state index is 8.31. The molecule has 0 fully saturated rings. The van der Waals surface area contributed by atoms with Gasteiger partial charge in [-0.2, -0.15) is 0 Å². The highest BCUT2D eigenvalue weighted by atomic mass is 35.5. The minimum absolute atomic E-state index is 0.267. The molecule has 2 aromatic rings. The molecule has 0 aliphatic rings. The molecule has 1 N–H and O–H groups in total. The Balaban J connectivity index is 2.61. The molecule has 1 heterocycles. The third-order valence-corrected chi connectivity index (χ3v) is 2.31. The maximum atomic E-state index is 8.31. The average molecular weight is 219 g/mol. The van der Waals surface area contributed by atoms with Crippen LogP contribution in [0.1, 0.15) is 5.56 Å². The SMILES string of the molecule is ON=C=C(Cl)c1ccc2ncccc2c1. The van der Waals surface area contributed by atoms with Gasteiger partial charge in [-0.25, -0.2) is 0 Å². The van der Waals surface area contributed by atoms with Crippen molar-refractivity contribution in [3.8, 4) is 0 Å². The van der Waals surface area contributed by atoms with E-state index in [4.69, 9.17) is 16.8 Å². The molecule has 0 bridgehead atoms. The molecule has 15 heavy (non-hydrogen) atoms. The van der Waals surface area contributed by atoms with E-state index in [-0.39, 0.29) is 5.03 Å². The Labute approximate surface area is 91.3 Å². The van der Waals surface area contributed by atoms with Gasteiger partial charge in [0.1, 0.15) is 5.03 Å². The van der Waals surface area contributed by atoms with E-state index in [0.29, 0.717) is 0 Å². The van der Waals surface area contributed by atoms with Crippen LogP contribution in [0, 0.1) is 0 Å². The van der Waals surface area contributed by atoms with Crippen molar-refractivity contribution >= 4 is 33.4 Å². The summed E-state index contributed by atoms with van der Waals surface area (Å²) in [5.74, 6) is 2.27. The zero-order valence-electron chi connectivity index (χ0n) is 7.68. The van der Waals surface area contributed by atoms with Gasteiger partial charge in [0.15, 0.2) is 0 Å². The smallest absolute Gasteiger partial charge is 0.112 e. The quantitative estimate of drug-likeness (QED) is 0.455. The Kier molecular flexibility index (Phi) is 2.68. The number of halogens is 1. The fraction of sp³-hybridized carbons (Fsp3) is 0. The van der Waals surface area contributed by atoms with E-state index in [0.717, 1.165) is 16.5 Å². The zero-order valence-corrected chi connectivity index (χ0v) is 8.44. The fourth-order valence-electron chi connectivity index (χ4n) is 1.32. The Bertz CT molecular complexity index is 559. The van der Waals surface area contributed by atoms with Gasteiger partial charge in [-0.15, -0.1) is 0 Å². The molecule has 0 saturated heterocycles. The predicted molar refractivity (Wildman–Crippen MR) is 60.2 cm³/mol. The van der Waals surface area contributed by atoms with Gasteiger partial charge in [0.2, 0.25) is 0 Å². The topological polar surface area (TPSA) is 45.5 Å². The van der Waals surface area contributed by atoms with Crippen LogP contribution >= 0.6 is 11.6 Å². The summed E-state index contributed by atoms with van der Waals surface area (Å²) in [6.07, 6.45) is 1.73. The van der Waals surface area contributed by atoms with E-state index in [2.05, 4.69) is 16.0 Å². The number of hydrogen-bond acceptors (Lipinski definition) is 3. The summed E-state index contributed by atoms with van der Waals surface area (Å²) >= 11 is 5.84. The van der Waals surface area contributed by atoms with Gasteiger partial charge in [-0.05, 0) is 23.4 Å². The van der Waals surface area contributed by atoms with Gasteiger partial charge < -0.3 is 5.21 Å². The van der Waals surface area contributed by atoms with Crippen LogP contribution in [0.2, 0.25) is 0 Å². The summed E-state index contributed by atoms with van der Waals surface area (Å²) in [6, 6.07) is 9.31. The Morgan fingerprint density at radius 1 is 1.40 bits per heavy atom. The minimum atomic E-state index is 0.267. The van der Waals surface area contributed by atoms with Crippen molar-refractivity contribution in [1.82, 2.24) is 4.98 Å². The summed E-state index contributed by atoms with van der Waals surface area (Å²) in [5, 5.41) is 12.3. The number of fused-ring (bicyclic) bond motifs is 1. The summed E-state index contributed by atoms with van der Waals surface area (Å²) < 4.78 is 0. The first-order valence-electron chi connectivity index (χ1n) is 4.29. The lowest BCUT2D eigenvalue weighted by Crippen LogP contribution is -1.81. The number of nitrogens with zero attached hydrogens (tertiary/aromatic N) is 2. The molecule has 74 valence electrons. The van der Waals surface area contributed by atoms with Crippen molar-refractivity contribution in [2.24, 2.45) is 5.16 Å². The van der Waals surface area contributed by atoms with Crippen LogP contribution in [0.3, 0.4) is 0 Å². The average Bonchev–Trinajstić information content (AvgIpc) is 2.29. The molecule has 0 unspecified atom stereocenters. The monoisotopic (exact) mass is 218 g/mol. The number of pyridine rings is 1. The van der Waals surface area contributed by atoms with Crippen molar-refractivity contribution in [2.45, 2.75) is 0 Å². The second-order valence-corrected chi connectivity index (χ2v) is 3.31. The van der Waals surface area contributed by atoms with Crippen LogP contribution in [0.15, 0.2) is 41.7 Å². The Hall–Kier alpha value is -1.83. The normalized spacial score (nSPS) is 9.67. The third kappa shape index (κ3) is 1.99. The summed E-state index contributed by atoms with van der Waals surface area (Å²) in [7, 11) is 0. The molecule has 0 atom stereocenters. The van der Waals surface area contributed by atoms with Crippen LogP contribution in [0.4, 0.5) is 0 Å². The second-order valence-electron chi connectivity index (χ2n) is 2.94. The van der Waals surface area contributed by atoms with Crippen molar-refractivity contribution in [1.29, 1.82) is 0 Å².